The second kappa shape index (κ2) is 1.42. The summed E-state index contributed by atoms with van der Waals surface area (Å²) in [5.41, 5.74) is 1.53. The average Bonchev–Trinajstić information content (AvgIpc) is 1.81. The molecule has 0 heteroatoms. The van der Waals surface area contributed by atoms with E-state index in [1.165, 1.54) is 12.0 Å². The Labute approximate surface area is 57.0 Å². The van der Waals surface area contributed by atoms with Gasteiger partial charge in [-0.1, -0.05) is 26.0 Å². The lowest BCUT2D eigenvalue weighted by atomic mass is 9.47. The fraction of sp³-hybridized carbons (Fsp3) is 0.778. The summed E-state index contributed by atoms with van der Waals surface area (Å²) in [5, 5.41) is 0. The zero-order chi connectivity index (χ0) is 6.59. The molecule has 0 radical (unpaired) electrons. The van der Waals surface area contributed by atoms with Crippen LogP contribution >= 0.6 is 0 Å². The maximum Gasteiger partial charge on any atom is -0.0143 e. The highest BCUT2D eigenvalue weighted by atomic mass is 14.6. The van der Waals surface area contributed by atoms with Crippen LogP contribution in [0.1, 0.15) is 20.3 Å². The van der Waals surface area contributed by atoms with Gasteiger partial charge < -0.3 is 0 Å². The highest BCUT2D eigenvalue weighted by Gasteiger charge is 2.52. The second-order valence-electron chi connectivity index (χ2n) is 3.77. The molecule has 0 saturated heterocycles. The molecule has 2 saturated carbocycles. The third-order valence-electron chi connectivity index (χ3n) is 3.37. The van der Waals surface area contributed by atoms with Gasteiger partial charge in [0.2, 0.25) is 0 Å². The minimum Gasteiger partial charge on any atom is -0.0993 e. The minimum absolute atomic E-state index is 0.853. The molecular weight excluding hydrogens is 108 g/mol. The molecule has 2 rings (SSSR count). The van der Waals surface area contributed by atoms with Crippen molar-refractivity contribution < 1.29 is 0 Å². The van der Waals surface area contributed by atoms with Gasteiger partial charge in [-0.05, 0) is 30.1 Å². The number of hydrogen-bond donors (Lipinski definition) is 0. The van der Waals surface area contributed by atoms with Gasteiger partial charge >= 0.3 is 0 Å². The minimum atomic E-state index is 0.853. The van der Waals surface area contributed by atoms with Gasteiger partial charge in [-0.25, -0.2) is 0 Å². The van der Waals surface area contributed by atoms with Crippen LogP contribution in [-0.2, 0) is 0 Å². The van der Waals surface area contributed by atoms with Gasteiger partial charge in [-0.15, -0.1) is 0 Å². The number of rotatable bonds is 0. The maximum absolute atomic E-state index is 4.07. The van der Waals surface area contributed by atoms with Gasteiger partial charge in [0.25, 0.3) is 0 Å². The van der Waals surface area contributed by atoms with E-state index in [0.717, 1.165) is 23.7 Å². The molecule has 0 spiro atoms. The summed E-state index contributed by atoms with van der Waals surface area (Å²) in [6.07, 6.45) is 1.46. The molecule has 0 amide bonds. The first kappa shape index (κ1) is 5.52. The molecule has 9 heavy (non-hydrogen) atoms. The molecule has 0 aromatic rings. The summed E-state index contributed by atoms with van der Waals surface area (Å²) in [6, 6.07) is 0. The molecule has 0 aromatic heterocycles. The number of fused-ring (bicyclic) bond motifs is 1. The van der Waals surface area contributed by atoms with Crippen molar-refractivity contribution >= 4 is 0 Å². The third kappa shape index (κ3) is 0.452. The van der Waals surface area contributed by atoms with Crippen molar-refractivity contribution in [2.45, 2.75) is 20.3 Å². The van der Waals surface area contributed by atoms with Crippen molar-refractivity contribution in [3.8, 4) is 0 Å². The summed E-state index contributed by atoms with van der Waals surface area (Å²) in [7, 11) is 0. The van der Waals surface area contributed by atoms with Crippen molar-refractivity contribution in [2.75, 3.05) is 0 Å². The standard InChI is InChI=1S/C9H14/c1-5-4-8-6(2)7(3)9(5)8/h5-6,8-9H,3-4H2,1-2H3. The lowest BCUT2D eigenvalue weighted by molar-refractivity contribution is 0.00170. The zero-order valence-electron chi connectivity index (χ0n) is 6.22. The molecule has 0 bridgehead atoms. The first-order valence-corrected chi connectivity index (χ1v) is 3.90. The van der Waals surface area contributed by atoms with E-state index in [4.69, 9.17) is 0 Å². The van der Waals surface area contributed by atoms with Crippen LogP contribution < -0.4 is 0 Å². The smallest absolute Gasteiger partial charge is 0.0143 e. The van der Waals surface area contributed by atoms with Crippen molar-refractivity contribution in [1.29, 1.82) is 0 Å². The summed E-state index contributed by atoms with van der Waals surface area (Å²) < 4.78 is 0. The van der Waals surface area contributed by atoms with Gasteiger partial charge in [-0.3, -0.25) is 0 Å². The molecule has 2 fully saturated rings. The molecule has 50 valence electrons. The molecule has 0 nitrogen and oxygen atoms in total. The molecule has 4 atom stereocenters. The summed E-state index contributed by atoms with van der Waals surface area (Å²) in [6.45, 7) is 8.73. The van der Waals surface area contributed by atoms with Crippen LogP contribution in [0.25, 0.3) is 0 Å². The Bertz CT molecular complexity index is 157. The Morgan fingerprint density at radius 3 is 2.44 bits per heavy atom. The molecule has 2 aliphatic rings. The Kier molecular flexibility index (Phi) is 0.870. The summed E-state index contributed by atoms with van der Waals surface area (Å²) in [5.74, 6) is 3.78. The Morgan fingerprint density at radius 2 is 2.11 bits per heavy atom. The Morgan fingerprint density at radius 1 is 1.44 bits per heavy atom. The number of hydrogen-bond acceptors (Lipinski definition) is 0. The number of allylic oxidation sites excluding steroid dienone is 1. The first-order valence-electron chi connectivity index (χ1n) is 3.90. The van der Waals surface area contributed by atoms with E-state index in [9.17, 15) is 0 Å². The Hall–Kier alpha value is -0.260. The van der Waals surface area contributed by atoms with E-state index in [2.05, 4.69) is 20.4 Å². The van der Waals surface area contributed by atoms with E-state index >= 15 is 0 Å². The fourth-order valence-corrected chi connectivity index (χ4v) is 2.56. The molecule has 4 unspecified atom stereocenters. The van der Waals surface area contributed by atoms with Gasteiger partial charge in [0.05, 0.1) is 0 Å². The molecule has 0 N–H and O–H groups in total. The summed E-state index contributed by atoms with van der Waals surface area (Å²) >= 11 is 0. The van der Waals surface area contributed by atoms with Crippen LogP contribution in [0.15, 0.2) is 12.2 Å². The van der Waals surface area contributed by atoms with Crippen molar-refractivity contribution in [3.05, 3.63) is 12.2 Å². The van der Waals surface area contributed by atoms with E-state index in [-0.39, 0.29) is 0 Å². The zero-order valence-corrected chi connectivity index (χ0v) is 6.22. The first-order chi connectivity index (χ1) is 4.22. The van der Waals surface area contributed by atoms with E-state index < -0.39 is 0 Å². The molecule has 0 aliphatic heterocycles. The van der Waals surface area contributed by atoms with E-state index in [1.54, 1.807) is 0 Å². The Balaban J connectivity index is 2.10. The van der Waals surface area contributed by atoms with Crippen molar-refractivity contribution in [1.82, 2.24) is 0 Å². The lowest BCUT2D eigenvalue weighted by Crippen LogP contribution is -2.50. The largest absolute Gasteiger partial charge is 0.0993 e. The van der Waals surface area contributed by atoms with Gasteiger partial charge in [0.1, 0.15) is 0 Å². The SMILES string of the molecule is C=C1C(C)C2CC(C)C12. The highest BCUT2D eigenvalue weighted by molar-refractivity contribution is 5.25. The molecular formula is C9H14. The van der Waals surface area contributed by atoms with Gasteiger partial charge in [0, 0.05) is 0 Å². The third-order valence-corrected chi connectivity index (χ3v) is 3.37. The van der Waals surface area contributed by atoms with E-state index in [0.29, 0.717) is 0 Å². The van der Waals surface area contributed by atoms with Gasteiger partial charge in [0.15, 0.2) is 0 Å². The molecule has 0 heterocycles. The van der Waals surface area contributed by atoms with Crippen LogP contribution in [0.5, 0.6) is 0 Å². The van der Waals surface area contributed by atoms with Crippen molar-refractivity contribution in [2.24, 2.45) is 23.7 Å². The van der Waals surface area contributed by atoms with Crippen LogP contribution in [0.2, 0.25) is 0 Å². The van der Waals surface area contributed by atoms with Crippen LogP contribution in [0, 0.1) is 23.7 Å². The quantitative estimate of drug-likeness (QED) is 0.433. The topological polar surface area (TPSA) is 0 Å². The second-order valence-corrected chi connectivity index (χ2v) is 3.77. The van der Waals surface area contributed by atoms with Crippen LogP contribution in [0.4, 0.5) is 0 Å². The normalized spacial score (nSPS) is 55.6. The van der Waals surface area contributed by atoms with Crippen LogP contribution in [-0.4, -0.2) is 0 Å². The van der Waals surface area contributed by atoms with E-state index in [1.807, 2.05) is 0 Å². The predicted octanol–water partition coefficient (Wildman–Crippen LogP) is 2.46. The molecule has 0 aromatic carbocycles. The maximum atomic E-state index is 4.07. The lowest BCUT2D eigenvalue weighted by Gasteiger charge is -2.58. The molecule has 2 aliphatic carbocycles. The average molecular weight is 122 g/mol. The monoisotopic (exact) mass is 122 g/mol. The highest BCUT2D eigenvalue weighted by Crippen LogP contribution is 2.60. The van der Waals surface area contributed by atoms with Crippen LogP contribution in [0.3, 0.4) is 0 Å². The predicted molar refractivity (Wildman–Crippen MR) is 39.1 cm³/mol. The fourth-order valence-electron chi connectivity index (χ4n) is 2.56. The van der Waals surface area contributed by atoms with Crippen molar-refractivity contribution in [3.63, 3.8) is 0 Å². The summed E-state index contributed by atoms with van der Waals surface area (Å²) in [4.78, 5) is 0. The van der Waals surface area contributed by atoms with Gasteiger partial charge in [-0.2, -0.15) is 0 Å².